The van der Waals surface area contributed by atoms with Gasteiger partial charge < -0.3 is 0 Å². The third-order valence-corrected chi connectivity index (χ3v) is 3.04. The Morgan fingerprint density at radius 3 is 1.62 bits per heavy atom. The molecule has 0 spiro atoms. The van der Waals surface area contributed by atoms with E-state index in [1.54, 1.807) is 0 Å². The molecule has 0 aliphatic carbocycles. The van der Waals surface area contributed by atoms with Crippen molar-refractivity contribution in [1.82, 2.24) is 15.0 Å². The Bertz CT molecular complexity index is 350. The molecule has 3 nitrogen and oxygen atoms in total. The second kappa shape index (κ2) is 3.86. The summed E-state index contributed by atoms with van der Waals surface area (Å²) in [6.07, 6.45) is 0. The van der Waals surface area contributed by atoms with Crippen molar-refractivity contribution in [2.24, 2.45) is 10.8 Å². The summed E-state index contributed by atoms with van der Waals surface area (Å²) in [5.74, 6) is 0. The van der Waals surface area contributed by atoms with E-state index in [1.165, 1.54) is 5.69 Å². The molecule has 0 aliphatic heterocycles. The fraction of sp³-hybridized carbons (Fsp3) is 0.846. The summed E-state index contributed by atoms with van der Waals surface area (Å²) < 4.78 is 2.09. The van der Waals surface area contributed by atoms with Crippen molar-refractivity contribution >= 4 is 0 Å². The maximum Gasteiger partial charge on any atom is 0.0825 e. The van der Waals surface area contributed by atoms with Crippen LogP contribution in [-0.2, 0) is 0 Å². The van der Waals surface area contributed by atoms with E-state index in [-0.39, 0.29) is 10.8 Å². The maximum atomic E-state index is 4.32. The van der Waals surface area contributed by atoms with Crippen LogP contribution in [0.5, 0.6) is 0 Å². The predicted octanol–water partition coefficient (Wildman–Crippen LogP) is 3.53. The summed E-state index contributed by atoms with van der Waals surface area (Å²) in [7, 11) is 0. The zero-order valence-corrected chi connectivity index (χ0v) is 11.9. The molecule has 0 amide bonds. The fourth-order valence-corrected chi connectivity index (χ4v) is 2.70. The lowest BCUT2D eigenvalue weighted by Crippen LogP contribution is -2.36. The molecule has 1 rings (SSSR count). The Morgan fingerprint density at radius 1 is 0.938 bits per heavy atom. The lowest BCUT2D eigenvalue weighted by Gasteiger charge is -2.41. The summed E-state index contributed by atoms with van der Waals surface area (Å²) in [6.45, 7) is 17.7. The zero-order valence-electron chi connectivity index (χ0n) is 11.9. The molecule has 0 bridgehead atoms. The van der Waals surface area contributed by atoms with Crippen molar-refractivity contribution in [2.45, 2.75) is 61.4 Å². The van der Waals surface area contributed by atoms with Crippen LogP contribution < -0.4 is 0 Å². The zero-order chi connectivity index (χ0) is 12.7. The van der Waals surface area contributed by atoms with Crippen LogP contribution in [0, 0.1) is 24.7 Å². The molecule has 0 aliphatic rings. The van der Waals surface area contributed by atoms with Crippen LogP contribution in [0.3, 0.4) is 0 Å². The number of aromatic nitrogens is 3. The van der Waals surface area contributed by atoms with Crippen molar-refractivity contribution in [3.05, 3.63) is 11.4 Å². The van der Waals surface area contributed by atoms with E-state index < -0.39 is 0 Å². The molecule has 3 heteroatoms. The molecular formula is C13H25N3. The highest BCUT2D eigenvalue weighted by molar-refractivity contribution is 5.08. The van der Waals surface area contributed by atoms with Gasteiger partial charge in [0.05, 0.1) is 17.4 Å². The van der Waals surface area contributed by atoms with Crippen LogP contribution in [-0.4, -0.2) is 15.0 Å². The van der Waals surface area contributed by atoms with Crippen molar-refractivity contribution in [1.29, 1.82) is 0 Å². The van der Waals surface area contributed by atoms with Crippen LogP contribution in [0.4, 0.5) is 0 Å². The van der Waals surface area contributed by atoms with Crippen molar-refractivity contribution in [2.75, 3.05) is 0 Å². The Morgan fingerprint density at radius 2 is 1.38 bits per heavy atom. The average molecular weight is 223 g/mol. The van der Waals surface area contributed by atoms with Gasteiger partial charge in [-0.3, -0.25) is 0 Å². The van der Waals surface area contributed by atoms with Gasteiger partial charge in [-0.1, -0.05) is 46.8 Å². The standard InChI is InChI=1S/C13H25N3/c1-9-10(2)16(15-14-9)11(12(3,4)5)13(6,7)8/h11H,1-8H3. The molecule has 0 fully saturated rings. The topological polar surface area (TPSA) is 30.7 Å². The molecular weight excluding hydrogens is 198 g/mol. The Hall–Kier alpha value is -0.860. The van der Waals surface area contributed by atoms with E-state index >= 15 is 0 Å². The molecule has 0 saturated carbocycles. The Labute approximate surface area is 99.2 Å². The van der Waals surface area contributed by atoms with E-state index in [9.17, 15) is 0 Å². The second-order valence-electron chi connectivity index (χ2n) is 6.84. The lowest BCUT2D eigenvalue weighted by molar-refractivity contribution is 0.0950. The van der Waals surface area contributed by atoms with Gasteiger partial charge in [0.15, 0.2) is 0 Å². The summed E-state index contributed by atoms with van der Waals surface area (Å²) >= 11 is 0. The van der Waals surface area contributed by atoms with Gasteiger partial charge in [-0.15, -0.1) is 5.10 Å². The van der Waals surface area contributed by atoms with Crippen molar-refractivity contribution in [3.8, 4) is 0 Å². The van der Waals surface area contributed by atoms with Crippen LogP contribution in [0.25, 0.3) is 0 Å². The second-order valence-corrected chi connectivity index (χ2v) is 6.84. The molecule has 1 aromatic heterocycles. The number of nitrogens with zero attached hydrogens (tertiary/aromatic N) is 3. The smallest absolute Gasteiger partial charge is 0.0825 e. The van der Waals surface area contributed by atoms with Gasteiger partial charge in [-0.2, -0.15) is 0 Å². The first-order valence-electron chi connectivity index (χ1n) is 5.93. The first kappa shape index (κ1) is 13.2. The fourth-order valence-electron chi connectivity index (χ4n) is 2.70. The van der Waals surface area contributed by atoms with Gasteiger partial charge in [0.25, 0.3) is 0 Å². The molecule has 0 unspecified atom stereocenters. The highest BCUT2D eigenvalue weighted by atomic mass is 15.4. The Balaban J connectivity index is 3.29. The number of hydrogen-bond acceptors (Lipinski definition) is 2. The molecule has 16 heavy (non-hydrogen) atoms. The van der Waals surface area contributed by atoms with Crippen LogP contribution in [0.15, 0.2) is 0 Å². The summed E-state index contributed by atoms with van der Waals surface area (Å²) in [4.78, 5) is 0. The first-order valence-corrected chi connectivity index (χ1v) is 5.93. The molecule has 0 atom stereocenters. The van der Waals surface area contributed by atoms with Crippen LogP contribution in [0.2, 0.25) is 0 Å². The molecule has 0 aromatic carbocycles. The number of hydrogen-bond donors (Lipinski definition) is 0. The summed E-state index contributed by atoms with van der Waals surface area (Å²) in [5, 5.41) is 8.49. The largest absolute Gasteiger partial charge is 0.245 e. The van der Waals surface area contributed by atoms with Gasteiger partial charge in [0, 0.05) is 0 Å². The van der Waals surface area contributed by atoms with Gasteiger partial charge >= 0.3 is 0 Å². The molecule has 0 N–H and O–H groups in total. The molecule has 1 aromatic rings. The lowest BCUT2D eigenvalue weighted by atomic mass is 9.72. The summed E-state index contributed by atoms with van der Waals surface area (Å²) in [6, 6.07) is 0.348. The third kappa shape index (κ3) is 2.45. The average Bonchev–Trinajstić information content (AvgIpc) is 2.31. The summed E-state index contributed by atoms with van der Waals surface area (Å²) in [5.41, 5.74) is 2.54. The van der Waals surface area contributed by atoms with E-state index in [1.807, 2.05) is 6.92 Å². The third-order valence-electron chi connectivity index (χ3n) is 3.04. The predicted molar refractivity (Wildman–Crippen MR) is 67.4 cm³/mol. The minimum atomic E-state index is 0.170. The molecule has 0 saturated heterocycles. The first-order chi connectivity index (χ1) is 7.05. The van der Waals surface area contributed by atoms with E-state index in [2.05, 4.69) is 63.5 Å². The monoisotopic (exact) mass is 223 g/mol. The quantitative estimate of drug-likeness (QED) is 0.729. The van der Waals surface area contributed by atoms with E-state index in [4.69, 9.17) is 0 Å². The van der Waals surface area contributed by atoms with Gasteiger partial charge in [0.2, 0.25) is 0 Å². The number of aryl methyl sites for hydroxylation is 1. The van der Waals surface area contributed by atoms with Gasteiger partial charge in [-0.25, -0.2) is 4.68 Å². The minimum absolute atomic E-state index is 0.170. The normalized spacial score (nSPS) is 13.6. The SMILES string of the molecule is Cc1nnn(C(C(C)(C)C)C(C)(C)C)c1C. The highest BCUT2D eigenvalue weighted by Crippen LogP contribution is 2.43. The van der Waals surface area contributed by atoms with E-state index in [0.29, 0.717) is 6.04 Å². The highest BCUT2D eigenvalue weighted by Gasteiger charge is 2.38. The van der Waals surface area contributed by atoms with Gasteiger partial charge in [0.1, 0.15) is 0 Å². The molecule has 0 radical (unpaired) electrons. The van der Waals surface area contributed by atoms with Crippen LogP contribution in [0.1, 0.15) is 59.0 Å². The van der Waals surface area contributed by atoms with Crippen molar-refractivity contribution in [3.63, 3.8) is 0 Å². The minimum Gasteiger partial charge on any atom is -0.245 e. The molecule has 1 heterocycles. The Kier molecular flexibility index (Phi) is 3.19. The van der Waals surface area contributed by atoms with Crippen molar-refractivity contribution < 1.29 is 0 Å². The number of rotatable bonds is 1. The van der Waals surface area contributed by atoms with Crippen LogP contribution >= 0.6 is 0 Å². The maximum absolute atomic E-state index is 4.32. The van der Waals surface area contributed by atoms with E-state index in [0.717, 1.165) is 5.69 Å². The molecule has 92 valence electrons. The van der Waals surface area contributed by atoms with Gasteiger partial charge in [-0.05, 0) is 24.7 Å².